The van der Waals surface area contributed by atoms with Gasteiger partial charge in [-0.05, 0) is 41.0 Å². The first-order valence-corrected chi connectivity index (χ1v) is 6.70. The molecule has 0 saturated carbocycles. The average molecular weight is 263 g/mol. The lowest BCUT2D eigenvalue weighted by Crippen LogP contribution is -2.41. The van der Waals surface area contributed by atoms with E-state index in [4.69, 9.17) is 9.31 Å². The molecular formula is C13H22BN3O2. The van der Waals surface area contributed by atoms with Crippen molar-refractivity contribution in [2.75, 3.05) is 0 Å². The van der Waals surface area contributed by atoms with Crippen molar-refractivity contribution in [2.45, 2.75) is 59.2 Å². The monoisotopic (exact) mass is 263 g/mol. The first kappa shape index (κ1) is 14.3. The zero-order valence-corrected chi connectivity index (χ0v) is 12.6. The lowest BCUT2D eigenvalue weighted by Gasteiger charge is -2.32. The normalized spacial score (nSPS) is 22.0. The van der Waals surface area contributed by atoms with Gasteiger partial charge in [-0.25, -0.2) is 4.99 Å². The fourth-order valence-corrected chi connectivity index (χ4v) is 1.79. The quantitative estimate of drug-likeness (QED) is 0.671. The summed E-state index contributed by atoms with van der Waals surface area (Å²) in [5.74, 6) is 0.720. The number of nitrogens with zero attached hydrogens (tertiary/aromatic N) is 2. The molecule has 1 N–H and O–H groups in total. The maximum absolute atomic E-state index is 6.01. The Bertz CT molecular complexity index is 478. The predicted octanol–water partition coefficient (Wildman–Crippen LogP) is 2.21. The molecule has 1 saturated heterocycles. The highest BCUT2D eigenvalue weighted by atomic mass is 16.7. The van der Waals surface area contributed by atoms with E-state index < -0.39 is 7.12 Å². The summed E-state index contributed by atoms with van der Waals surface area (Å²) in [6, 6.07) is 0. The van der Waals surface area contributed by atoms with Crippen molar-refractivity contribution >= 4 is 24.1 Å². The molecule has 1 aromatic rings. The van der Waals surface area contributed by atoms with Gasteiger partial charge in [0.2, 0.25) is 0 Å². The van der Waals surface area contributed by atoms with Crippen LogP contribution in [0.1, 0.15) is 48.0 Å². The Morgan fingerprint density at radius 3 is 2.42 bits per heavy atom. The predicted molar refractivity (Wildman–Crippen MR) is 77.4 cm³/mol. The number of hydrogen-bond acceptors (Lipinski definition) is 4. The van der Waals surface area contributed by atoms with Gasteiger partial charge in [-0.15, -0.1) is 0 Å². The Morgan fingerprint density at radius 2 is 1.89 bits per heavy atom. The number of hydrogen-bond donors (Lipinski definition) is 1. The second-order valence-corrected chi connectivity index (χ2v) is 5.96. The van der Waals surface area contributed by atoms with Gasteiger partial charge in [0.15, 0.2) is 0 Å². The standard InChI is InChI=1S/C13H22BN3O2/c1-7-9(2)16-11-10(8-15-17-11)14-18-12(3,4)13(5,6)19-14/h8H,7H2,1-6H3,(H,15,17). The molecule has 2 rings (SSSR count). The van der Waals surface area contributed by atoms with Gasteiger partial charge >= 0.3 is 7.12 Å². The molecule has 0 radical (unpaired) electrons. The molecule has 0 atom stereocenters. The summed E-state index contributed by atoms with van der Waals surface area (Å²) in [5.41, 5.74) is 1.19. The molecule has 0 amide bonds. The average Bonchev–Trinajstić information content (AvgIpc) is 2.82. The fraction of sp³-hybridized carbons (Fsp3) is 0.692. The summed E-state index contributed by atoms with van der Waals surface area (Å²) >= 11 is 0. The van der Waals surface area contributed by atoms with Crippen LogP contribution in [0.5, 0.6) is 0 Å². The number of H-pyrrole nitrogens is 1. The molecule has 1 aromatic heterocycles. The number of aromatic nitrogens is 2. The van der Waals surface area contributed by atoms with Crippen molar-refractivity contribution in [3.63, 3.8) is 0 Å². The molecule has 19 heavy (non-hydrogen) atoms. The summed E-state index contributed by atoms with van der Waals surface area (Å²) < 4.78 is 12.0. The molecule has 0 unspecified atom stereocenters. The van der Waals surface area contributed by atoms with Gasteiger partial charge in [-0.3, -0.25) is 5.10 Å². The van der Waals surface area contributed by atoms with Crippen LogP contribution in [0, 0.1) is 0 Å². The molecule has 2 heterocycles. The topological polar surface area (TPSA) is 59.5 Å². The fourth-order valence-electron chi connectivity index (χ4n) is 1.79. The van der Waals surface area contributed by atoms with Crippen LogP contribution >= 0.6 is 0 Å². The number of nitrogens with one attached hydrogen (secondary N) is 1. The zero-order valence-electron chi connectivity index (χ0n) is 12.6. The Morgan fingerprint density at radius 1 is 1.32 bits per heavy atom. The molecule has 0 bridgehead atoms. The highest BCUT2D eigenvalue weighted by Crippen LogP contribution is 2.36. The Hall–Kier alpha value is -1.14. The SMILES string of the molecule is CCC(C)=Nc1[nH]ncc1B1OC(C)(C)C(C)(C)O1. The molecule has 6 heteroatoms. The van der Waals surface area contributed by atoms with Crippen molar-refractivity contribution in [3.05, 3.63) is 6.20 Å². The molecule has 1 fully saturated rings. The summed E-state index contributed by atoms with van der Waals surface area (Å²) in [6.45, 7) is 12.2. The van der Waals surface area contributed by atoms with Gasteiger partial charge in [0.1, 0.15) is 5.82 Å². The van der Waals surface area contributed by atoms with E-state index >= 15 is 0 Å². The molecule has 5 nitrogen and oxygen atoms in total. The summed E-state index contributed by atoms with van der Waals surface area (Å²) in [4.78, 5) is 4.52. The first-order valence-electron chi connectivity index (χ1n) is 6.70. The lowest BCUT2D eigenvalue weighted by molar-refractivity contribution is 0.00578. The van der Waals surface area contributed by atoms with Gasteiger partial charge in [-0.2, -0.15) is 5.10 Å². The van der Waals surface area contributed by atoms with Crippen molar-refractivity contribution in [3.8, 4) is 0 Å². The first-order chi connectivity index (χ1) is 8.77. The maximum atomic E-state index is 6.01. The van der Waals surface area contributed by atoms with Crippen LogP contribution in [-0.2, 0) is 9.31 Å². The van der Waals surface area contributed by atoms with Crippen LogP contribution in [0.2, 0.25) is 0 Å². The zero-order chi connectivity index (χ0) is 14.3. The Kier molecular flexibility index (Phi) is 3.58. The number of aliphatic imine (C=N–C) groups is 1. The molecule has 1 aliphatic rings. The second kappa shape index (κ2) is 4.76. The van der Waals surface area contributed by atoms with E-state index in [-0.39, 0.29) is 11.2 Å². The molecular weight excluding hydrogens is 241 g/mol. The minimum Gasteiger partial charge on any atom is -0.399 e. The molecule has 104 valence electrons. The smallest absolute Gasteiger partial charge is 0.399 e. The Balaban J connectivity index is 2.29. The van der Waals surface area contributed by atoms with E-state index in [2.05, 4.69) is 22.1 Å². The summed E-state index contributed by atoms with van der Waals surface area (Å²) in [6.07, 6.45) is 2.63. The van der Waals surface area contributed by atoms with Crippen LogP contribution in [-0.4, -0.2) is 34.2 Å². The maximum Gasteiger partial charge on any atom is 0.500 e. The van der Waals surface area contributed by atoms with E-state index in [0.29, 0.717) is 0 Å². The van der Waals surface area contributed by atoms with Gasteiger partial charge in [0.25, 0.3) is 0 Å². The van der Waals surface area contributed by atoms with Crippen LogP contribution in [0.3, 0.4) is 0 Å². The summed E-state index contributed by atoms with van der Waals surface area (Å²) in [7, 11) is -0.424. The highest BCUT2D eigenvalue weighted by molar-refractivity contribution is 6.63. The largest absolute Gasteiger partial charge is 0.500 e. The third-order valence-electron chi connectivity index (χ3n) is 3.97. The molecule has 0 spiro atoms. The number of aromatic amines is 1. The molecule has 0 aromatic carbocycles. The van der Waals surface area contributed by atoms with E-state index in [0.717, 1.165) is 23.4 Å². The van der Waals surface area contributed by atoms with E-state index in [1.54, 1.807) is 6.20 Å². The highest BCUT2D eigenvalue weighted by Gasteiger charge is 2.52. The lowest BCUT2D eigenvalue weighted by atomic mass is 9.81. The van der Waals surface area contributed by atoms with Crippen molar-refractivity contribution in [1.29, 1.82) is 0 Å². The van der Waals surface area contributed by atoms with Crippen molar-refractivity contribution in [1.82, 2.24) is 10.2 Å². The van der Waals surface area contributed by atoms with Gasteiger partial charge < -0.3 is 9.31 Å². The van der Waals surface area contributed by atoms with Crippen LogP contribution < -0.4 is 5.46 Å². The number of rotatable bonds is 3. The second-order valence-electron chi connectivity index (χ2n) is 5.96. The Labute approximate surface area is 114 Å². The van der Waals surface area contributed by atoms with Crippen LogP contribution in [0.25, 0.3) is 0 Å². The molecule has 1 aliphatic heterocycles. The minimum atomic E-state index is -0.424. The van der Waals surface area contributed by atoms with E-state index in [1.165, 1.54) is 0 Å². The van der Waals surface area contributed by atoms with Gasteiger partial charge in [-0.1, -0.05) is 6.92 Å². The van der Waals surface area contributed by atoms with Crippen LogP contribution in [0.4, 0.5) is 5.82 Å². The van der Waals surface area contributed by atoms with E-state index in [9.17, 15) is 0 Å². The minimum absolute atomic E-state index is 0.351. The summed E-state index contributed by atoms with van der Waals surface area (Å²) in [5, 5.41) is 6.96. The van der Waals surface area contributed by atoms with Crippen LogP contribution in [0.15, 0.2) is 11.2 Å². The van der Waals surface area contributed by atoms with E-state index in [1.807, 2.05) is 34.6 Å². The third-order valence-corrected chi connectivity index (χ3v) is 3.97. The van der Waals surface area contributed by atoms with Gasteiger partial charge in [0, 0.05) is 11.2 Å². The third kappa shape index (κ3) is 2.60. The molecule has 0 aliphatic carbocycles. The van der Waals surface area contributed by atoms with Gasteiger partial charge in [0.05, 0.1) is 17.4 Å². The van der Waals surface area contributed by atoms with Crippen molar-refractivity contribution < 1.29 is 9.31 Å². The van der Waals surface area contributed by atoms with Crippen molar-refractivity contribution in [2.24, 2.45) is 4.99 Å².